The molecule has 0 radical (unpaired) electrons. The first kappa shape index (κ1) is 22.2. The highest BCUT2D eigenvalue weighted by Crippen LogP contribution is 2.29. The molecular weight excluding hydrogens is 448 g/mol. The smallest absolute Gasteiger partial charge is 0.258 e. The van der Waals surface area contributed by atoms with Gasteiger partial charge in [0.05, 0.1) is 6.04 Å². The van der Waals surface area contributed by atoms with Gasteiger partial charge in [-0.25, -0.2) is 0 Å². The Morgan fingerprint density at radius 2 is 2.00 bits per heavy atom. The van der Waals surface area contributed by atoms with Crippen molar-refractivity contribution in [3.63, 3.8) is 0 Å². The van der Waals surface area contributed by atoms with Crippen LogP contribution in [0.1, 0.15) is 30.7 Å². The molecule has 1 amide bonds. The minimum atomic E-state index is -0.0835. The van der Waals surface area contributed by atoms with Gasteiger partial charge in [0.2, 0.25) is 0 Å². The molecule has 1 N–H and O–H groups in total. The summed E-state index contributed by atoms with van der Waals surface area (Å²) in [5, 5.41) is 5.16. The number of carbonyl (C=O) groups excluding carboxylic acids is 1. The number of benzene rings is 1. The van der Waals surface area contributed by atoms with Gasteiger partial charge in [0.1, 0.15) is 5.75 Å². The highest BCUT2D eigenvalue weighted by atomic mass is 79.9. The van der Waals surface area contributed by atoms with E-state index in [0.717, 1.165) is 23.5 Å². The van der Waals surface area contributed by atoms with E-state index in [9.17, 15) is 4.79 Å². The third kappa shape index (κ3) is 6.79. The van der Waals surface area contributed by atoms with Crippen LogP contribution in [0.25, 0.3) is 0 Å². The molecule has 27 heavy (non-hydrogen) atoms. The van der Waals surface area contributed by atoms with Crippen LogP contribution in [-0.4, -0.2) is 37.0 Å². The first-order valence-electron chi connectivity index (χ1n) is 9.04. The van der Waals surface area contributed by atoms with Crippen molar-refractivity contribution in [2.24, 2.45) is 5.92 Å². The molecule has 2 aromatic rings. The summed E-state index contributed by atoms with van der Waals surface area (Å²) >= 11 is 5.15. The maximum absolute atomic E-state index is 12.2. The maximum atomic E-state index is 12.2. The number of nitrogens with one attached hydrogen (secondary N) is 1. The molecule has 1 atom stereocenters. The van der Waals surface area contributed by atoms with Crippen molar-refractivity contribution in [2.45, 2.75) is 25.8 Å². The van der Waals surface area contributed by atoms with Crippen molar-refractivity contribution in [3.8, 4) is 5.75 Å². The van der Waals surface area contributed by atoms with Crippen LogP contribution in [0.2, 0.25) is 0 Å². The van der Waals surface area contributed by atoms with E-state index < -0.39 is 0 Å². The van der Waals surface area contributed by atoms with Gasteiger partial charge in [-0.3, -0.25) is 9.69 Å². The first-order chi connectivity index (χ1) is 12.6. The summed E-state index contributed by atoms with van der Waals surface area (Å²) in [5.41, 5.74) is 0. The van der Waals surface area contributed by atoms with E-state index in [4.69, 9.17) is 4.74 Å². The minimum absolute atomic E-state index is 0. The number of halogens is 2. The molecule has 3 rings (SSSR count). The quantitative estimate of drug-likeness (QED) is 0.622. The lowest BCUT2D eigenvalue weighted by Crippen LogP contribution is -2.42. The molecule has 0 bridgehead atoms. The van der Waals surface area contributed by atoms with Gasteiger partial charge in [0.15, 0.2) is 6.61 Å². The average Bonchev–Trinajstić information content (AvgIpc) is 3.17. The normalized spacial score (nSPS) is 16.4. The van der Waals surface area contributed by atoms with E-state index in [0.29, 0.717) is 12.3 Å². The zero-order valence-corrected chi connectivity index (χ0v) is 18.6. The van der Waals surface area contributed by atoms with Crippen molar-refractivity contribution < 1.29 is 9.53 Å². The van der Waals surface area contributed by atoms with E-state index >= 15 is 0 Å². The molecule has 7 heteroatoms. The zero-order chi connectivity index (χ0) is 18.4. The summed E-state index contributed by atoms with van der Waals surface area (Å²) in [7, 11) is 0. The van der Waals surface area contributed by atoms with Crippen LogP contribution in [0.4, 0.5) is 0 Å². The second kappa shape index (κ2) is 11.1. The molecule has 1 aromatic carbocycles. The summed E-state index contributed by atoms with van der Waals surface area (Å²) in [6, 6.07) is 12.0. The second-order valence-electron chi connectivity index (χ2n) is 6.80. The van der Waals surface area contributed by atoms with Crippen molar-refractivity contribution in [3.05, 3.63) is 51.1 Å². The van der Waals surface area contributed by atoms with Gasteiger partial charge in [-0.1, -0.05) is 28.9 Å². The predicted molar refractivity (Wildman–Crippen MR) is 117 cm³/mol. The summed E-state index contributed by atoms with van der Waals surface area (Å²) in [5.74, 6) is 1.41. The Morgan fingerprint density at radius 1 is 1.30 bits per heavy atom. The Balaban J connectivity index is 0.00000261. The average molecular weight is 474 g/mol. The van der Waals surface area contributed by atoms with Gasteiger partial charge in [-0.15, -0.1) is 23.7 Å². The molecule has 0 spiro atoms. The Hall–Kier alpha value is -1.08. The predicted octanol–water partition coefficient (Wildman–Crippen LogP) is 4.90. The molecule has 4 nitrogen and oxygen atoms in total. The van der Waals surface area contributed by atoms with Crippen LogP contribution in [0.15, 0.2) is 46.3 Å². The summed E-state index contributed by atoms with van der Waals surface area (Å²) in [4.78, 5) is 16.0. The SMILES string of the molecule is CC1CCN(C(CNC(=O)COc2ccc(Br)cc2)c2cccs2)CC1.Cl. The van der Waals surface area contributed by atoms with Gasteiger partial charge in [-0.05, 0) is 67.6 Å². The largest absolute Gasteiger partial charge is 0.484 e. The third-order valence-corrected chi connectivity index (χ3v) is 6.31. The van der Waals surface area contributed by atoms with Crippen LogP contribution in [0.5, 0.6) is 5.75 Å². The number of amides is 1. The topological polar surface area (TPSA) is 41.6 Å². The Morgan fingerprint density at radius 3 is 2.63 bits per heavy atom. The standard InChI is InChI=1S/C20H25BrN2O2S.ClH/c1-15-8-10-23(11-9-15)18(19-3-2-12-26-19)13-22-20(24)14-25-17-6-4-16(21)5-7-17;/h2-7,12,15,18H,8-11,13-14H2,1H3,(H,22,24);1H. The molecule has 148 valence electrons. The molecular formula is C20H26BrClN2O2S. The van der Waals surface area contributed by atoms with Crippen molar-refractivity contribution >= 4 is 45.6 Å². The molecule has 1 aromatic heterocycles. The summed E-state index contributed by atoms with van der Waals surface area (Å²) < 4.78 is 6.55. The van der Waals surface area contributed by atoms with E-state index in [-0.39, 0.29) is 31.0 Å². The van der Waals surface area contributed by atoms with Gasteiger partial charge in [0.25, 0.3) is 5.91 Å². The second-order valence-corrected chi connectivity index (χ2v) is 8.69. The lowest BCUT2D eigenvalue weighted by molar-refractivity contribution is -0.123. The Kier molecular flexibility index (Phi) is 9.09. The molecule has 1 aliphatic heterocycles. The van der Waals surface area contributed by atoms with E-state index in [1.54, 1.807) is 11.3 Å². The lowest BCUT2D eigenvalue weighted by atomic mass is 9.97. The maximum Gasteiger partial charge on any atom is 0.258 e. The fourth-order valence-electron chi connectivity index (χ4n) is 3.17. The number of ether oxygens (including phenoxy) is 1. The molecule has 2 heterocycles. The molecule has 1 fully saturated rings. The van der Waals surface area contributed by atoms with E-state index in [2.05, 4.69) is 50.6 Å². The highest BCUT2D eigenvalue weighted by molar-refractivity contribution is 9.10. The van der Waals surface area contributed by atoms with Crippen LogP contribution in [-0.2, 0) is 4.79 Å². The number of carbonyl (C=O) groups is 1. The number of nitrogens with zero attached hydrogens (tertiary/aromatic N) is 1. The number of hydrogen-bond donors (Lipinski definition) is 1. The monoisotopic (exact) mass is 472 g/mol. The number of likely N-dealkylation sites (tertiary alicyclic amines) is 1. The fraction of sp³-hybridized carbons (Fsp3) is 0.450. The molecule has 1 unspecified atom stereocenters. The fourth-order valence-corrected chi connectivity index (χ4v) is 4.30. The van der Waals surface area contributed by atoms with Gasteiger partial charge < -0.3 is 10.1 Å². The van der Waals surface area contributed by atoms with Gasteiger partial charge >= 0.3 is 0 Å². The van der Waals surface area contributed by atoms with E-state index in [1.807, 2.05) is 24.3 Å². The van der Waals surface area contributed by atoms with Crippen molar-refractivity contribution in [1.82, 2.24) is 10.2 Å². The molecule has 1 saturated heterocycles. The van der Waals surface area contributed by atoms with E-state index in [1.165, 1.54) is 17.7 Å². The number of thiophene rings is 1. The van der Waals surface area contributed by atoms with Crippen LogP contribution in [0, 0.1) is 5.92 Å². The lowest BCUT2D eigenvalue weighted by Gasteiger charge is -2.36. The summed E-state index contributed by atoms with van der Waals surface area (Å²) in [6.07, 6.45) is 2.45. The van der Waals surface area contributed by atoms with Gasteiger partial charge in [0, 0.05) is 15.9 Å². The highest BCUT2D eigenvalue weighted by Gasteiger charge is 2.25. The van der Waals surface area contributed by atoms with Crippen LogP contribution in [0.3, 0.4) is 0 Å². The Bertz CT molecular complexity index is 689. The number of rotatable bonds is 7. The van der Waals surface area contributed by atoms with Gasteiger partial charge in [-0.2, -0.15) is 0 Å². The first-order valence-corrected chi connectivity index (χ1v) is 10.7. The molecule has 0 saturated carbocycles. The zero-order valence-electron chi connectivity index (χ0n) is 15.4. The molecule has 1 aliphatic rings. The number of piperidine rings is 1. The summed E-state index contributed by atoms with van der Waals surface area (Å²) in [6.45, 7) is 5.16. The minimum Gasteiger partial charge on any atom is -0.484 e. The van der Waals surface area contributed by atoms with Crippen molar-refractivity contribution in [1.29, 1.82) is 0 Å². The van der Waals surface area contributed by atoms with Crippen molar-refractivity contribution in [2.75, 3.05) is 26.2 Å². The van der Waals surface area contributed by atoms with Crippen LogP contribution < -0.4 is 10.1 Å². The molecule has 0 aliphatic carbocycles. The Labute approximate surface area is 179 Å². The van der Waals surface area contributed by atoms with Crippen LogP contribution >= 0.6 is 39.7 Å². The third-order valence-electron chi connectivity index (χ3n) is 4.81. The number of hydrogen-bond acceptors (Lipinski definition) is 4.